The zero-order chi connectivity index (χ0) is 16.4. The van der Waals surface area contributed by atoms with Crippen LogP contribution in [0.1, 0.15) is 11.1 Å². The second-order valence-electron chi connectivity index (χ2n) is 5.42. The van der Waals surface area contributed by atoms with E-state index in [1.54, 1.807) is 18.2 Å². The molecule has 2 aromatic carbocycles. The van der Waals surface area contributed by atoms with Crippen LogP contribution < -0.4 is 11.0 Å². The number of aryl methyl sites for hydroxylation is 2. The number of anilines is 1. The highest BCUT2D eigenvalue weighted by atomic mass is 32.2. The quantitative estimate of drug-likeness (QED) is 0.644. The Morgan fingerprint density at radius 1 is 1.04 bits per heavy atom. The van der Waals surface area contributed by atoms with Crippen molar-refractivity contribution in [3.05, 3.63) is 58.0 Å². The van der Waals surface area contributed by atoms with Gasteiger partial charge in [0.15, 0.2) is 0 Å². The molecule has 3 N–H and O–H groups in total. The molecule has 0 unspecified atom stereocenters. The van der Waals surface area contributed by atoms with Crippen LogP contribution in [0.3, 0.4) is 0 Å². The van der Waals surface area contributed by atoms with Crippen LogP contribution in [0, 0.1) is 13.8 Å². The second kappa shape index (κ2) is 6.34. The summed E-state index contributed by atoms with van der Waals surface area (Å²) >= 11 is 1.50. The Hall–Kier alpha value is -2.47. The van der Waals surface area contributed by atoms with Crippen molar-refractivity contribution in [2.75, 3.05) is 11.1 Å². The number of aromatic amines is 2. The number of rotatable bonds is 4. The molecule has 1 aromatic heterocycles. The van der Waals surface area contributed by atoms with Crippen molar-refractivity contribution in [1.29, 1.82) is 0 Å². The lowest BCUT2D eigenvalue weighted by Crippen LogP contribution is -2.13. The predicted molar refractivity (Wildman–Crippen MR) is 94.2 cm³/mol. The third-order valence-electron chi connectivity index (χ3n) is 3.65. The Labute approximate surface area is 137 Å². The fraction of sp³-hybridized carbons (Fsp3) is 0.176. The van der Waals surface area contributed by atoms with Crippen molar-refractivity contribution in [3.8, 4) is 0 Å². The number of H-pyrrole nitrogens is 2. The van der Waals surface area contributed by atoms with Crippen molar-refractivity contribution in [1.82, 2.24) is 9.97 Å². The van der Waals surface area contributed by atoms with Crippen LogP contribution in [0.4, 0.5) is 5.69 Å². The van der Waals surface area contributed by atoms with Crippen molar-refractivity contribution >= 4 is 34.4 Å². The topological polar surface area (TPSA) is 77.8 Å². The standard InChI is InChI=1S/C17H17N3O2S/c1-10-3-5-13(7-11(10)2)23-9-16(21)18-12-4-6-14-15(8-12)20-17(22)19-14/h3-8H,9H2,1-2H3,(H,18,21)(H2,19,20,22). The normalized spacial score (nSPS) is 10.9. The summed E-state index contributed by atoms with van der Waals surface area (Å²) in [5, 5.41) is 2.84. The molecule has 23 heavy (non-hydrogen) atoms. The van der Waals surface area contributed by atoms with Crippen LogP contribution in [0.25, 0.3) is 11.0 Å². The lowest BCUT2D eigenvalue weighted by atomic mass is 10.1. The third kappa shape index (κ3) is 3.65. The van der Waals surface area contributed by atoms with Gasteiger partial charge in [-0.05, 0) is 55.3 Å². The Morgan fingerprint density at radius 2 is 1.83 bits per heavy atom. The van der Waals surface area contributed by atoms with Gasteiger partial charge in [-0.3, -0.25) is 4.79 Å². The Bertz CT molecular complexity index is 927. The van der Waals surface area contributed by atoms with E-state index in [9.17, 15) is 9.59 Å². The Morgan fingerprint density at radius 3 is 2.61 bits per heavy atom. The summed E-state index contributed by atoms with van der Waals surface area (Å²) in [4.78, 5) is 29.7. The molecule has 0 aliphatic carbocycles. The van der Waals surface area contributed by atoms with Crippen LogP contribution in [0.2, 0.25) is 0 Å². The molecule has 0 saturated carbocycles. The highest BCUT2D eigenvalue weighted by Gasteiger charge is 2.06. The molecule has 0 spiro atoms. The molecule has 5 nitrogen and oxygen atoms in total. The molecular formula is C17H17N3O2S. The van der Waals surface area contributed by atoms with Gasteiger partial charge in [0.25, 0.3) is 0 Å². The molecule has 1 amide bonds. The first kappa shape index (κ1) is 15.4. The summed E-state index contributed by atoms with van der Waals surface area (Å²) in [6.45, 7) is 4.13. The number of carbonyl (C=O) groups is 1. The zero-order valence-electron chi connectivity index (χ0n) is 12.9. The fourth-order valence-electron chi connectivity index (χ4n) is 2.26. The summed E-state index contributed by atoms with van der Waals surface area (Å²) < 4.78 is 0. The number of imidazole rings is 1. The lowest BCUT2D eigenvalue weighted by molar-refractivity contribution is -0.113. The predicted octanol–water partition coefficient (Wildman–Crippen LogP) is 3.20. The molecule has 118 valence electrons. The van der Waals surface area contributed by atoms with E-state index in [1.165, 1.54) is 22.9 Å². The molecule has 3 aromatic rings. The van der Waals surface area contributed by atoms with Crippen LogP contribution in [-0.2, 0) is 4.79 Å². The molecule has 0 aliphatic heterocycles. The molecule has 0 bridgehead atoms. The number of nitrogens with one attached hydrogen (secondary N) is 3. The Balaban J connectivity index is 1.63. The maximum absolute atomic E-state index is 12.1. The summed E-state index contributed by atoms with van der Waals surface area (Å²) in [6.07, 6.45) is 0. The number of hydrogen-bond acceptors (Lipinski definition) is 3. The molecule has 3 rings (SSSR count). The molecular weight excluding hydrogens is 310 g/mol. The first-order valence-electron chi connectivity index (χ1n) is 7.23. The minimum Gasteiger partial charge on any atom is -0.325 e. The van der Waals surface area contributed by atoms with E-state index in [0.717, 1.165) is 10.4 Å². The van der Waals surface area contributed by atoms with Crippen molar-refractivity contribution in [2.45, 2.75) is 18.7 Å². The third-order valence-corrected chi connectivity index (χ3v) is 4.64. The van der Waals surface area contributed by atoms with E-state index in [-0.39, 0.29) is 11.6 Å². The number of amides is 1. The van der Waals surface area contributed by atoms with Crippen molar-refractivity contribution in [3.63, 3.8) is 0 Å². The maximum atomic E-state index is 12.1. The van der Waals surface area contributed by atoms with Gasteiger partial charge in [0, 0.05) is 10.6 Å². The van der Waals surface area contributed by atoms with Gasteiger partial charge in [0.05, 0.1) is 16.8 Å². The fourth-order valence-corrected chi connectivity index (χ4v) is 3.05. The number of fused-ring (bicyclic) bond motifs is 1. The smallest absolute Gasteiger partial charge is 0.323 e. The van der Waals surface area contributed by atoms with Gasteiger partial charge in [0.1, 0.15) is 0 Å². The van der Waals surface area contributed by atoms with Crippen molar-refractivity contribution < 1.29 is 4.79 Å². The number of hydrogen-bond donors (Lipinski definition) is 3. The van der Waals surface area contributed by atoms with E-state index in [2.05, 4.69) is 41.3 Å². The van der Waals surface area contributed by atoms with Gasteiger partial charge in [0.2, 0.25) is 5.91 Å². The minimum atomic E-state index is -0.256. The van der Waals surface area contributed by atoms with Crippen LogP contribution in [0.5, 0.6) is 0 Å². The van der Waals surface area contributed by atoms with E-state index < -0.39 is 0 Å². The monoisotopic (exact) mass is 327 g/mol. The van der Waals surface area contributed by atoms with E-state index in [4.69, 9.17) is 0 Å². The van der Waals surface area contributed by atoms with Crippen LogP contribution >= 0.6 is 11.8 Å². The molecule has 0 saturated heterocycles. The largest absolute Gasteiger partial charge is 0.325 e. The summed E-state index contributed by atoms with van der Waals surface area (Å²) in [6, 6.07) is 11.4. The highest BCUT2D eigenvalue weighted by Crippen LogP contribution is 2.21. The van der Waals surface area contributed by atoms with Crippen LogP contribution in [-0.4, -0.2) is 21.6 Å². The number of aromatic nitrogens is 2. The molecule has 0 radical (unpaired) electrons. The molecule has 0 aliphatic rings. The zero-order valence-corrected chi connectivity index (χ0v) is 13.7. The van der Waals surface area contributed by atoms with Crippen LogP contribution in [0.15, 0.2) is 46.1 Å². The van der Waals surface area contributed by atoms with Gasteiger partial charge in [-0.2, -0.15) is 0 Å². The van der Waals surface area contributed by atoms with Gasteiger partial charge in [-0.25, -0.2) is 4.79 Å². The van der Waals surface area contributed by atoms with E-state index in [0.29, 0.717) is 17.0 Å². The van der Waals surface area contributed by atoms with Crippen molar-refractivity contribution in [2.24, 2.45) is 0 Å². The van der Waals surface area contributed by atoms with Gasteiger partial charge in [-0.15, -0.1) is 11.8 Å². The summed E-state index contributed by atoms with van der Waals surface area (Å²) in [5.41, 5.74) is 4.27. The van der Waals surface area contributed by atoms with E-state index in [1.807, 2.05) is 6.07 Å². The first-order valence-corrected chi connectivity index (χ1v) is 8.22. The number of thioether (sulfide) groups is 1. The molecule has 1 heterocycles. The average molecular weight is 327 g/mol. The molecule has 6 heteroatoms. The number of carbonyl (C=O) groups excluding carboxylic acids is 1. The summed E-state index contributed by atoms with van der Waals surface area (Å²) in [5.74, 6) is 0.259. The highest BCUT2D eigenvalue weighted by molar-refractivity contribution is 8.00. The van der Waals surface area contributed by atoms with Gasteiger partial charge >= 0.3 is 5.69 Å². The average Bonchev–Trinajstić information content (AvgIpc) is 2.88. The lowest BCUT2D eigenvalue weighted by Gasteiger charge is -2.07. The van der Waals surface area contributed by atoms with E-state index >= 15 is 0 Å². The van der Waals surface area contributed by atoms with Gasteiger partial charge < -0.3 is 15.3 Å². The van der Waals surface area contributed by atoms with Gasteiger partial charge in [-0.1, -0.05) is 6.07 Å². The SMILES string of the molecule is Cc1ccc(SCC(=O)Nc2ccc3[nH]c(=O)[nH]c3c2)cc1C. The molecule has 0 atom stereocenters. The minimum absolute atomic E-state index is 0.0783. The Kier molecular flexibility index (Phi) is 4.25. The first-order chi connectivity index (χ1) is 11.0. The second-order valence-corrected chi connectivity index (χ2v) is 6.47. The number of benzene rings is 2. The molecule has 0 fully saturated rings. The maximum Gasteiger partial charge on any atom is 0.323 e. The summed E-state index contributed by atoms with van der Waals surface area (Å²) in [7, 11) is 0.